The van der Waals surface area contributed by atoms with Crippen molar-refractivity contribution in [1.29, 1.82) is 0 Å². The summed E-state index contributed by atoms with van der Waals surface area (Å²) < 4.78 is 6.04. The summed E-state index contributed by atoms with van der Waals surface area (Å²) in [5.74, 6) is 0. The minimum absolute atomic E-state index is 0.544. The molecular weight excluding hydrogens is 188 g/mol. The average Bonchev–Trinajstić information content (AvgIpc) is 2.24. The van der Waals surface area contributed by atoms with E-state index in [1.807, 2.05) is 0 Å². The zero-order chi connectivity index (χ0) is 10.2. The van der Waals surface area contributed by atoms with Crippen LogP contribution in [0.1, 0.15) is 32.1 Å². The molecule has 1 saturated heterocycles. The van der Waals surface area contributed by atoms with Crippen molar-refractivity contribution in [3.8, 4) is 0 Å². The second kappa shape index (κ2) is 3.82. The lowest BCUT2D eigenvalue weighted by molar-refractivity contribution is -0.0422. The van der Waals surface area contributed by atoms with Gasteiger partial charge < -0.3 is 4.74 Å². The predicted octanol–water partition coefficient (Wildman–Crippen LogP) is 3.52. The fraction of sp³-hybridized carbons (Fsp3) is 0.833. The molecule has 2 heterocycles. The van der Waals surface area contributed by atoms with E-state index in [1.165, 1.54) is 32.1 Å². The molecule has 2 aliphatic rings. The predicted molar refractivity (Wildman–Crippen MR) is 63.2 cm³/mol. The van der Waals surface area contributed by atoms with E-state index in [1.54, 1.807) is 5.20 Å². The van der Waals surface area contributed by atoms with Crippen molar-refractivity contribution in [2.45, 2.75) is 64.0 Å². The third-order valence-electron chi connectivity index (χ3n) is 3.48. The molecule has 0 N–H and O–H groups in total. The van der Waals surface area contributed by atoms with Gasteiger partial charge in [0.2, 0.25) is 0 Å². The normalized spacial score (nSPS) is 33.5. The van der Waals surface area contributed by atoms with Gasteiger partial charge in [-0.25, -0.2) is 0 Å². The average molecular weight is 210 g/mol. The summed E-state index contributed by atoms with van der Waals surface area (Å²) in [6.07, 6.45) is 9.95. The van der Waals surface area contributed by atoms with Crippen LogP contribution in [0, 0.1) is 0 Å². The molecule has 0 aromatic carbocycles. The van der Waals surface area contributed by atoms with Crippen LogP contribution in [-0.2, 0) is 4.74 Å². The molecule has 2 heteroatoms. The molecule has 2 unspecified atom stereocenters. The van der Waals surface area contributed by atoms with Gasteiger partial charge in [0.15, 0.2) is 0 Å². The Hall–Kier alpha value is -0.0831. The third kappa shape index (κ3) is 2.29. The van der Waals surface area contributed by atoms with E-state index in [9.17, 15) is 0 Å². The van der Waals surface area contributed by atoms with Crippen LogP contribution in [0.4, 0.5) is 0 Å². The van der Waals surface area contributed by atoms with Crippen molar-refractivity contribution < 1.29 is 4.74 Å². The summed E-state index contributed by atoms with van der Waals surface area (Å²) in [5.41, 5.74) is 0. The second-order valence-corrected chi connectivity index (χ2v) is 10.9. The van der Waals surface area contributed by atoms with E-state index in [0.29, 0.717) is 12.2 Å². The van der Waals surface area contributed by atoms with E-state index in [4.69, 9.17) is 4.74 Å². The smallest absolute Gasteiger partial charge is 0.0721 e. The summed E-state index contributed by atoms with van der Waals surface area (Å²) in [5, 5.41) is 1.74. The van der Waals surface area contributed by atoms with Crippen LogP contribution in [0.15, 0.2) is 11.3 Å². The molecule has 0 radical (unpaired) electrons. The van der Waals surface area contributed by atoms with Crippen molar-refractivity contribution in [2.75, 3.05) is 0 Å². The number of rotatable bonds is 1. The van der Waals surface area contributed by atoms with E-state index in [2.05, 4.69) is 25.7 Å². The van der Waals surface area contributed by atoms with Crippen LogP contribution in [0.25, 0.3) is 0 Å². The molecule has 1 nitrogen and oxygen atoms in total. The molecular formula is C12H22OSi. The molecule has 14 heavy (non-hydrogen) atoms. The first-order valence-corrected chi connectivity index (χ1v) is 9.40. The van der Waals surface area contributed by atoms with Crippen molar-refractivity contribution in [3.63, 3.8) is 0 Å². The first-order valence-electron chi connectivity index (χ1n) is 5.90. The van der Waals surface area contributed by atoms with Gasteiger partial charge in [-0.05, 0) is 32.1 Å². The van der Waals surface area contributed by atoms with E-state index in [-0.39, 0.29) is 0 Å². The van der Waals surface area contributed by atoms with Gasteiger partial charge >= 0.3 is 0 Å². The van der Waals surface area contributed by atoms with Crippen molar-refractivity contribution in [1.82, 2.24) is 0 Å². The Balaban J connectivity index is 2.13. The zero-order valence-corrected chi connectivity index (χ0v) is 10.7. The Kier molecular flexibility index (Phi) is 2.85. The molecule has 2 bridgehead atoms. The van der Waals surface area contributed by atoms with Gasteiger partial charge in [0.25, 0.3) is 0 Å². The number of fused-ring (bicyclic) bond motifs is 2. The molecule has 1 fully saturated rings. The summed E-state index contributed by atoms with van der Waals surface area (Å²) in [4.78, 5) is 0. The molecule has 0 aliphatic carbocycles. The fourth-order valence-corrected chi connectivity index (χ4v) is 4.09. The molecule has 2 atom stereocenters. The Bertz CT molecular complexity index is 239. The van der Waals surface area contributed by atoms with Gasteiger partial charge in [0, 0.05) is 0 Å². The standard InChI is InChI=1S/C12H22OSi/c1-14(2,3)12-8-7-10-5-4-6-11(9-12)13-10/h8,10-11H,4-7,9H2,1-3H3. The Morgan fingerprint density at radius 2 is 1.93 bits per heavy atom. The number of hydrogen-bond acceptors (Lipinski definition) is 1. The first-order chi connectivity index (χ1) is 6.55. The van der Waals surface area contributed by atoms with Gasteiger partial charge in [-0.2, -0.15) is 0 Å². The second-order valence-electron chi connectivity index (χ2n) is 5.73. The van der Waals surface area contributed by atoms with Crippen LogP contribution in [0.3, 0.4) is 0 Å². The van der Waals surface area contributed by atoms with Crippen LogP contribution >= 0.6 is 0 Å². The zero-order valence-electron chi connectivity index (χ0n) is 9.68. The highest BCUT2D eigenvalue weighted by Crippen LogP contribution is 2.32. The molecule has 0 saturated carbocycles. The van der Waals surface area contributed by atoms with Gasteiger partial charge in [0.05, 0.1) is 20.3 Å². The van der Waals surface area contributed by atoms with Crippen molar-refractivity contribution in [2.24, 2.45) is 0 Å². The topological polar surface area (TPSA) is 9.23 Å². The maximum absolute atomic E-state index is 6.04. The van der Waals surface area contributed by atoms with Gasteiger partial charge in [-0.1, -0.05) is 30.9 Å². The minimum Gasteiger partial charge on any atom is -0.374 e. The van der Waals surface area contributed by atoms with E-state index in [0.717, 1.165) is 0 Å². The van der Waals surface area contributed by atoms with E-state index >= 15 is 0 Å². The summed E-state index contributed by atoms with van der Waals surface area (Å²) in [6.45, 7) is 7.36. The molecule has 80 valence electrons. The lowest BCUT2D eigenvalue weighted by Crippen LogP contribution is -2.29. The maximum Gasteiger partial charge on any atom is 0.0721 e. The van der Waals surface area contributed by atoms with Crippen molar-refractivity contribution >= 4 is 8.07 Å². The Morgan fingerprint density at radius 1 is 1.21 bits per heavy atom. The molecule has 0 amide bonds. The Morgan fingerprint density at radius 3 is 2.64 bits per heavy atom. The highest BCUT2D eigenvalue weighted by atomic mass is 28.3. The highest BCUT2D eigenvalue weighted by Gasteiger charge is 2.29. The number of ether oxygens (including phenoxy) is 1. The summed E-state index contributed by atoms with van der Waals surface area (Å²) in [6, 6.07) is 0. The van der Waals surface area contributed by atoms with Gasteiger partial charge in [-0.3, -0.25) is 0 Å². The Labute approximate surface area is 88.5 Å². The fourth-order valence-electron chi connectivity index (χ4n) is 2.52. The van der Waals surface area contributed by atoms with Crippen LogP contribution in [0.5, 0.6) is 0 Å². The number of hydrogen-bond donors (Lipinski definition) is 0. The molecule has 2 rings (SSSR count). The molecule has 2 aliphatic heterocycles. The molecule has 0 aromatic heterocycles. The molecule has 0 spiro atoms. The summed E-state index contributed by atoms with van der Waals surface area (Å²) >= 11 is 0. The molecule has 0 aromatic rings. The third-order valence-corrected chi connectivity index (χ3v) is 5.81. The largest absolute Gasteiger partial charge is 0.374 e. The van der Waals surface area contributed by atoms with Crippen LogP contribution in [0.2, 0.25) is 19.6 Å². The monoisotopic (exact) mass is 210 g/mol. The summed E-state index contributed by atoms with van der Waals surface area (Å²) in [7, 11) is -1.07. The SMILES string of the molecule is C[Si](C)(C)C1=CCC2CCCC(C1)O2. The quantitative estimate of drug-likeness (QED) is 0.602. The lowest BCUT2D eigenvalue weighted by Gasteiger charge is -2.29. The minimum atomic E-state index is -1.07. The maximum atomic E-state index is 6.04. The van der Waals surface area contributed by atoms with Crippen LogP contribution < -0.4 is 0 Å². The van der Waals surface area contributed by atoms with E-state index < -0.39 is 8.07 Å². The van der Waals surface area contributed by atoms with Gasteiger partial charge in [0.1, 0.15) is 0 Å². The van der Waals surface area contributed by atoms with Crippen LogP contribution in [-0.4, -0.2) is 20.3 Å². The van der Waals surface area contributed by atoms with Crippen molar-refractivity contribution in [3.05, 3.63) is 11.3 Å². The lowest BCUT2D eigenvalue weighted by atomic mass is 10.0. The van der Waals surface area contributed by atoms with Gasteiger partial charge in [-0.15, -0.1) is 0 Å². The first kappa shape index (κ1) is 10.4. The highest BCUT2D eigenvalue weighted by molar-refractivity contribution is 6.83.